The zero-order valence-corrected chi connectivity index (χ0v) is 22.2. The van der Waals surface area contributed by atoms with Gasteiger partial charge in [-0.3, -0.25) is 0 Å². The highest BCUT2D eigenvalue weighted by atomic mass is 16.3. The van der Waals surface area contributed by atoms with Gasteiger partial charge in [-0.25, -0.2) is 0 Å². The highest BCUT2D eigenvalue weighted by Crippen LogP contribution is 2.50. The fourth-order valence-electron chi connectivity index (χ4n) is 6.17. The van der Waals surface area contributed by atoms with Gasteiger partial charge in [0.1, 0.15) is 11.2 Å². The predicted molar refractivity (Wildman–Crippen MR) is 182 cm³/mol. The number of hydrogen-bond donors (Lipinski definition) is 0. The Morgan fingerprint density at radius 1 is 0.535 bits per heavy atom. The van der Waals surface area contributed by atoms with Gasteiger partial charge in [0.2, 0.25) is 0 Å². The summed E-state index contributed by atoms with van der Waals surface area (Å²) >= 11 is 0. The molecule has 2 fully saturated rings. The molecule has 0 saturated heterocycles. The third-order valence-corrected chi connectivity index (χ3v) is 8.08. The first-order chi connectivity index (χ1) is 32.2. The third kappa shape index (κ3) is 3.98. The van der Waals surface area contributed by atoms with E-state index in [0.29, 0.717) is 0 Å². The number of furan rings is 1. The number of fused-ring (bicyclic) bond motifs is 6. The van der Waals surface area contributed by atoms with E-state index in [1.54, 1.807) is 0 Å². The van der Waals surface area contributed by atoms with Gasteiger partial charge >= 0.3 is 0 Å². The largest absolute Gasteiger partial charge is 0.455 e. The lowest BCUT2D eigenvalue weighted by Gasteiger charge is -2.41. The van der Waals surface area contributed by atoms with Crippen molar-refractivity contribution in [1.82, 2.24) is 0 Å². The number of hydrogen-bond acceptors (Lipinski definition) is 1. The fraction of sp³-hybridized carbons (Fsp3) is 0.238. The SMILES string of the molecule is [2H]c1c([2H])c(C2C([2H])C([2H])C([2H])C3C([2H])C([2H])C([2H])C([2H])C23)c([2H])c([2H])c1-c1c2c([2H])c([2H])c([2H])c([2H])c2c(-c2c([2H])c([2H])c([2H])c3c2oc2c([2H])c([2H])c([2H])c([2H])c23)c2c([2H])c([2H])c([2H])c([2H])c12. The van der Waals surface area contributed by atoms with Crippen molar-refractivity contribution < 1.29 is 40.1 Å². The van der Waals surface area contributed by atoms with Crippen molar-refractivity contribution in [2.24, 2.45) is 11.8 Å². The smallest absolute Gasteiger partial charge is 0.143 e. The lowest BCUT2D eigenvalue weighted by atomic mass is 9.64. The van der Waals surface area contributed by atoms with Crippen LogP contribution in [0.3, 0.4) is 0 Å². The Morgan fingerprint density at radius 3 is 1.88 bits per heavy atom. The minimum Gasteiger partial charge on any atom is -0.455 e. The van der Waals surface area contributed by atoms with Gasteiger partial charge in [0.05, 0.1) is 26.0 Å². The van der Waals surface area contributed by atoms with Crippen molar-refractivity contribution >= 4 is 43.5 Å². The summed E-state index contributed by atoms with van der Waals surface area (Å²) in [5.74, 6) is -4.18. The van der Waals surface area contributed by atoms with Gasteiger partial charge in [-0.1, -0.05) is 141 Å². The zero-order chi connectivity index (χ0) is 51.0. The Kier molecular flexibility index (Phi) is 2.44. The van der Waals surface area contributed by atoms with E-state index in [0.717, 1.165) is 0 Å². The van der Waals surface area contributed by atoms with Crippen LogP contribution in [0.1, 0.15) is 91.9 Å². The average Bonchev–Trinajstić information content (AvgIpc) is 3.72. The molecule has 1 nitrogen and oxygen atoms in total. The maximum absolute atomic E-state index is 9.59. The molecule has 1 heteroatoms. The van der Waals surface area contributed by atoms with Crippen LogP contribution in [0.2, 0.25) is 0 Å². The lowest BCUT2D eigenvalue weighted by molar-refractivity contribution is 0.144. The number of para-hydroxylation sites is 2. The second-order valence-electron chi connectivity index (χ2n) is 10.3. The van der Waals surface area contributed by atoms with E-state index in [-0.39, 0.29) is 0 Å². The van der Waals surface area contributed by atoms with E-state index in [4.69, 9.17) is 27.7 Å². The van der Waals surface area contributed by atoms with Gasteiger partial charge in [0, 0.05) is 31.5 Å². The van der Waals surface area contributed by atoms with Crippen LogP contribution in [0.4, 0.5) is 0 Å². The van der Waals surface area contributed by atoms with Crippen molar-refractivity contribution in [3.8, 4) is 22.3 Å². The Bertz CT molecular complexity index is 3340. The molecule has 0 radical (unpaired) electrons. The summed E-state index contributed by atoms with van der Waals surface area (Å²) in [4.78, 5) is 0. The van der Waals surface area contributed by atoms with Crippen LogP contribution in [0, 0.1) is 11.8 Å². The molecule has 6 aromatic carbocycles. The van der Waals surface area contributed by atoms with Gasteiger partial charge in [0.25, 0.3) is 0 Å². The topological polar surface area (TPSA) is 13.1 Å². The average molecular weight is 583 g/mol. The highest BCUT2D eigenvalue weighted by molar-refractivity contribution is 6.24. The van der Waals surface area contributed by atoms with E-state index < -0.39 is 249 Å². The van der Waals surface area contributed by atoms with Gasteiger partial charge in [-0.15, -0.1) is 0 Å². The molecule has 2 aliphatic carbocycles. The summed E-state index contributed by atoms with van der Waals surface area (Å²) in [6.07, 6.45) is -10.9. The van der Waals surface area contributed by atoms with Gasteiger partial charge in [-0.2, -0.15) is 0 Å². The Balaban J connectivity index is 1.50. The highest BCUT2D eigenvalue weighted by Gasteiger charge is 2.35. The summed E-state index contributed by atoms with van der Waals surface area (Å²) in [5.41, 5.74) is -4.37. The van der Waals surface area contributed by atoms with E-state index in [9.17, 15) is 12.3 Å². The summed E-state index contributed by atoms with van der Waals surface area (Å²) in [5, 5.41) is -3.51. The molecule has 2 saturated carbocycles. The molecule has 7 aromatic rings. The van der Waals surface area contributed by atoms with Crippen LogP contribution in [0.25, 0.3) is 65.7 Å². The Hall–Kier alpha value is -4.36. The summed E-state index contributed by atoms with van der Waals surface area (Å²) < 4.78 is 240. The molecule has 0 amide bonds. The van der Waals surface area contributed by atoms with Crippen molar-refractivity contribution in [2.75, 3.05) is 0 Å². The van der Waals surface area contributed by atoms with Crippen LogP contribution < -0.4 is 0 Å². The van der Waals surface area contributed by atoms with E-state index in [1.165, 1.54) is 0 Å². The van der Waals surface area contributed by atoms with Crippen LogP contribution in [0.15, 0.2) is 119 Å². The van der Waals surface area contributed by atoms with E-state index in [1.807, 2.05) is 0 Å². The minimum atomic E-state index is -1.70. The first-order valence-corrected chi connectivity index (χ1v) is 13.6. The summed E-state index contributed by atoms with van der Waals surface area (Å²) in [7, 11) is 0. The molecular weight excluding hydrogens is 520 g/mol. The second kappa shape index (κ2) is 10.1. The van der Waals surface area contributed by atoms with E-state index >= 15 is 0 Å². The zero-order valence-electron chi connectivity index (χ0n) is 48.2. The lowest BCUT2D eigenvalue weighted by Crippen LogP contribution is -2.29. The van der Waals surface area contributed by atoms with Crippen molar-refractivity contribution in [3.63, 3.8) is 0 Å². The Morgan fingerprint density at radius 2 is 1.14 bits per heavy atom. The van der Waals surface area contributed by atoms with Gasteiger partial charge < -0.3 is 4.42 Å². The molecule has 0 spiro atoms. The summed E-state index contributed by atoms with van der Waals surface area (Å²) in [6, 6.07) is -16.8. The summed E-state index contributed by atoms with van der Waals surface area (Å²) in [6.45, 7) is 0. The van der Waals surface area contributed by atoms with Crippen LogP contribution >= 0.6 is 0 Å². The molecule has 0 aliphatic heterocycles. The maximum atomic E-state index is 9.59. The van der Waals surface area contributed by atoms with Gasteiger partial charge in [0.15, 0.2) is 0 Å². The molecule has 2 aliphatic rings. The molecule has 43 heavy (non-hydrogen) atoms. The monoisotopic (exact) mass is 582 g/mol. The molecule has 9 rings (SSSR count). The van der Waals surface area contributed by atoms with Crippen LogP contribution in [-0.4, -0.2) is 0 Å². The first-order valence-electron chi connectivity index (χ1n) is 27.2. The fourth-order valence-corrected chi connectivity index (χ4v) is 6.17. The molecule has 0 N–H and O–H groups in total. The quantitative estimate of drug-likeness (QED) is 0.189. The molecule has 10 atom stereocenters. The number of benzene rings is 6. The Labute approximate surface area is 289 Å². The van der Waals surface area contributed by atoms with Gasteiger partial charge in [-0.05, 0) is 74.8 Å². The minimum absolute atomic E-state index is 0.399. The molecule has 10 unspecified atom stereocenters. The first kappa shape index (κ1) is 10.4. The van der Waals surface area contributed by atoms with Crippen molar-refractivity contribution in [2.45, 2.75) is 50.7 Å². The molecule has 0 bridgehead atoms. The predicted octanol–water partition coefficient (Wildman–Crippen LogP) is 12.3. The van der Waals surface area contributed by atoms with Crippen LogP contribution in [-0.2, 0) is 0 Å². The molecular formula is C42H36O. The second-order valence-corrected chi connectivity index (χ2v) is 10.3. The third-order valence-electron chi connectivity index (χ3n) is 8.08. The van der Waals surface area contributed by atoms with Crippen LogP contribution in [0.5, 0.6) is 0 Å². The van der Waals surface area contributed by atoms with E-state index in [2.05, 4.69) is 0 Å². The molecule has 1 aromatic heterocycles. The molecule has 1 heterocycles. The van der Waals surface area contributed by atoms with Crippen molar-refractivity contribution in [1.29, 1.82) is 0 Å². The normalized spacial score (nSPS) is 41.1. The standard InChI is InChI=1S/C42H36O/c1-2-13-30-27(11-1)12-9-19-31(30)28-23-25-29(26-24-28)40-33-15-3-5-17-35(33)41(36-18-6-4-16-34(36)40)38-21-10-20-37-32-14-7-8-22-39(32)43-42(37)38/h3-8,10,14-18,20-27,30-31H,1-2,9,11-13,19H2/i1D,2D,3D,4D,5D,6D,7D,8D,9D,10D,11D,12D,13D,14D,15D,16D,17D,18D,19D,20D,21D,22D,23D,24D,25D,26D. The maximum Gasteiger partial charge on any atom is 0.143 e. The van der Waals surface area contributed by atoms with Crippen molar-refractivity contribution in [3.05, 3.63) is 120 Å². The molecule has 210 valence electrons. The number of rotatable bonds is 3.